The van der Waals surface area contributed by atoms with E-state index >= 15 is 0 Å². The molecule has 3 nitrogen and oxygen atoms in total. The van der Waals surface area contributed by atoms with Gasteiger partial charge >= 0.3 is 6.18 Å². The van der Waals surface area contributed by atoms with Gasteiger partial charge in [-0.2, -0.15) is 13.2 Å². The molecular formula is C20H23F3N2O. The van der Waals surface area contributed by atoms with Crippen LogP contribution < -0.4 is 5.73 Å². The highest BCUT2D eigenvalue weighted by molar-refractivity contribution is 6.02. The Bertz CT molecular complexity index is 802. The zero-order valence-corrected chi connectivity index (χ0v) is 15.0. The number of amides is 1. The molecule has 1 heterocycles. The summed E-state index contributed by atoms with van der Waals surface area (Å²) >= 11 is 0. The van der Waals surface area contributed by atoms with E-state index in [-0.39, 0.29) is 0 Å². The smallest absolute Gasteiger partial charge is 0.366 e. The number of primary amides is 1. The molecule has 0 saturated carbocycles. The number of carbonyl (C=O) groups excluding carboxylic acids is 1. The number of nitrogens with zero attached hydrogens (tertiary/aromatic N) is 1. The molecule has 0 aliphatic carbocycles. The standard InChI is InChI=1S/C20H23F3N2O/c1-4-6-7-16-18(14-8-10-15(11-9-14)20(21,22)23)17(19(24)26)13(3)25(16)12-5-2/h5,8-11H,2,4,6-7,12H2,1,3H3,(H2,24,26). The third-order valence-electron chi connectivity index (χ3n) is 4.46. The molecule has 1 aromatic heterocycles. The molecule has 2 rings (SSSR count). The molecule has 0 unspecified atom stereocenters. The summed E-state index contributed by atoms with van der Waals surface area (Å²) in [7, 11) is 0. The van der Waals surface area contributed by atoms with Crippen molar-refractivity contribution in [3.63, 3.8) is 0 Å². The Morgan fingerprint density at radius 2 is 1.88 bits per heavy atom. The molecule has 1 aromatic carbocycles. The van der Waals surface area contributed by atoms with Crippen LogP contribution >= 0.6 is 0 Å². The maximum Gasteiger partial charge on any atom is 0.416 e. The monoisotopic (exact) mass is 364 g/mol. The van der Waals surface area contributed by atoms with Crippen molar-refractivity contribution in [2.75, 3.05) is 0 Å². The van der Waals surface area contributed by atoms with Gasteiger partial charge in [0.15, 0.2) is 0 Å². The summed E-state index contributed by atoms with van der Waals surface area (Å²) < 4.78 is 40.5. The molecule has 0 radical (unpaired) electrons. The first-order chi connectivity index (χ1) is 12.2. The van der Waals surface area contributed by atoms with E-state index in [0.717, 1.165) is 30.7 Å². The normalized spacial score (nSPS) is 11.6. The van der Waals surface area contributed by atoms with E-state index < -0.39 is 17.6 Å². The third kappa shape index (κ3) is 3.84. The summed E-state index contributed by atoms with van der Waals surface area (Å²) in [6.45, 7) is 8.11. The van der Waals surface area contributed by atoms with Crippen LogP contribution in [0.2, 0.25) is 0 Å². The molecule has 0 bridgehead atoms. The quantitative estimate of drug-likeness (QED) is 0.682. The number of halogens is 3. The van der Waals surface area contributed by atoms with Crippen molar-refractivity contribution in [2.45, 2.75) is 45.8 Å². The molecule has 2 N–H and O–H groups in total. The molecule has 0 fully saturated rings. The van der Waals surface area contributed by atoms with Crippen LogP contribution in [0.3, 0.4) is 0 Å². The zero-order valence-electron chi connectivity index (χ0n) is 15.0. The second kappa shape index (κ2) is 7.81. The Morgan fingerprint density at radius 3 is 2.35 bits per heavy atom. The van der Waals surface area contributed by atoms with E-state index in [1.165, 1.54) is 12.1 Å². The molecule has 0 saturated heterocycles. The predicted octanol–water partition coefficient (Wildman–Crippen LogP) is 5.11. The van der Waals surface area contributed by atoms with Crippen molar-refractivity contribution in [1.82, 2.24) is 4.57 Å². The first kappa shape index (κ1) is 19.8. The molecular weight excluding hydrogens is 341 g/mol. The first-order valence-corrected chi connectivity index (χ1v) is 8.52. The van der Waals surface area contributed by atoms with Gasteiger partial charge < -0.3 is 10.3 Å². The second-order valence-electron chi connectivity index (χ2n) is 6.22. The lowest BCUT2D eigenvalue weighted by atomic mass is 9.96. The van der Waals surface area contributed by atoms with Gasteiger partial charge in [0.05, 0.1) is 11.1 Å². The average molecular weight is 364 g/mol. The molecule has 140 valence electrons. The van der Waals surface area contributed by atoms with Crippen LogP contribution in [-0.2, 0) is 19.1 Å². The molecule has 0 atom stereocenters. The molecule has 26 heavy (non-hydrogen) atoms. The summed E-state index contributed by atoms with van der Waals surface area (Å²) in [5.41, 5.74) is 8.03. The minimum Gasteiger partial charge on any atom is -0.366 e. The Morgan fingerprint density at radius 1 is 1.27 bits per heavy atom. The highest BCUT2D eigenvalue weighted by Gasteiger charge is 2.31. The van der Waals surface area contributed by atoms with Gasteiger partial charge in [-0.25, -0.2) is 0 Å². The van der Waals surface area contributed by atoms with Gasteiger partial charge in [-0.15, -0.1) is 6.58 Å². The number of benzene rings is 1. The van der Waals surface area contributed by atoms with Crippen LogP contribution in [0.15, 0.2) is 36.9 Å². The first-order valence-electron chi connectivity index (χ1n) is 8.52. The van der Waals surface area contributed by atoms with Gasteiger partial charge in [-0.3, -0.25) is 4.79 Å². The summed E-state index contributed by atoms with van der Waals surface area (Å²) in [5, 5.41) is 0. The van der Waals surface area contributed by atoms with Gasteiger partial charge in [0.25, 0.3) is 5.91 Å². The fraction of sp³-hybridized carbons (Fsp3) is 0.350. The number of allylic oxidation sites excluding steroid dienone is 1. The lowest BCUT2D eigenvalue weighted by Crippen LogP contribution is -2.13. The molecule has 6 heteroatoms. The maximum atomic E-state index is 12.9. The minimum atomic E-state index is -4.40. The molecule has 0 spiro atoms. The Labute approximate surface area is 151 Å². The van der Waals surface area contributed by atoms with Crippen LogP contribution in [0.5, 0.6) is 0 Å². The van der Waals surface area contributed by atoms with Crippen molar-refractivity contribution in [1.29, 1.82) is 0 Å². The van der Waals surface area contributed by atoms with Crippen molar-refractivity contribution in [2.24, 2.45) is 5.73 Å². The van der Waals surface area contributed by atoms with Crippen molar-refractivity contribution in [3.05, 3.63) is 59.4 Å². The van der Waals surface area contributed by atoms with E-state index in [0.29, 0.717) is 35.3 Å². The lowest BCUT2D eigenvalue weighted by molar-refractivity contribution is -0.137. The number of hydrogen-bond acceptors (Lipinski definition) is 1. The van der Waals surface area contributed by atoms with Crippen LogP contribution in [0.1, 0.15) is 47.1 Å². The van der Waals surface area contributed by atoms with E-state index in [4.69, 9.17) is 5.73 Å². The van der Waals surface area contributed by atoms with Crippen molar-refractivity contribution in [3.8, 4) is 11.1 Å². The minimum absolute atomic E-state index is 0.359. The number of aromatic nitrogens is 1. The average Bonchev–Trinajstić information content (AvgIpc) is 2.85. The number of nitrogens with two attached hydrogens (primary N) is 1. The van der Waals surface area contributed by atoms with Crippen LogP contribution in [0.4, 0.5) is 13.2 Å². The number of rotatable bonds is 7. The summed E-state index contributed by atoms with van der Waals surface area (Å²) in [6, 6.07) is 4.86. The van der Waals surface area contributed by atoms with Crippen LogP contribution in [0.25, 0.3) is 11.1 Å². The fourth-order valence-corrected chi connectivity index (χ4v) is 3.22. The SMILES string of the molecule is C=CCn1c(C)c(C(N)=O)c(-c2ccc(C(F)(F)F)cc2)c1CCCC. The topological polar surface area (TPSA) is 48.0 Å². The van der Waals surface area contributed by atoms with Gasteiger partial charge in [-0.05, 0) is 37.5 Å². The summed E-state index contributed by atoms with van der Waals surface area (Å²) in [6.07, 6.45) is -0.123. The Balaban J connectivity index is 2.69. The zero-order chi connectivity index (χ0) is 19.5. The molecule has 0 aliphatic heterocycles. The highest BCUT2D eigenvalue weighted by atomic mass is 19.4. The van der Waals surface area contributed by atoms with Crippen molar-refractivity contribution < 1.29 is 18.0 Å². The van der Waals surface area contributed by atoms with Gasteiger partial charge in [0, 0.05) is 23.5 Å². The number of carbonyl (C=O) groups is 1. The van der Waals surface area contributed by atoms with Gasteiger partial charge in [0.1, 0.15) is 0 Å². The molecule has 2 aromatic rings. The Kier molecular flexibility index (Phi) is 5.95. The van der Waals surface area contributed by atoms with E-state index in [1.54, 1.807) is 13.0 Å². The van der Waals surface area contributed by atoms with Gasteiger partial charge in [-0.1, -0.05) is 31.6 Å². The Hall–Kier alpha value is -2.50. The van der Waals surface area contributed by atoms with Gasteiger partial charge in [0.2, 0.25) is 0 Å². The third-order valence-corrected chi connectivity index (χ3v) is 4.46. The van der Waals surface area contributed by atoms with E-state index in [9.17, 15) is 18.0 Å². The molecule has 1 amide bonds. The lowest BCUT2D eigenvalue weighted by Gasteiger charge is -2.12. The number of unbranched alkanes of at least 4 members (excludes halogenated alkanes) is 1. The summed E-state index contributed by atoms with van der Waals surface area (Å²) in [4.78, 5) is 12.1. The summed E-state index contributed by atoms with van der Waals surface area (Å²) in [5.74, 6) is -0.585. The number of alkyl halides is 3. The van der Waals surface area contributed by atoms with Crippen molar-refractivity contribution >= 4 is 5.91 Å². The second-order valence-corrected chi connectivity index (χ2v) is 6.22. The van der Waals surface area contributed by atoms with Crippen LogP contribution in [-0.4, -0.2) is 10.5 Å². The predicted molar refractivity (Wildman–Crippen MR) is 96.9 cm³/mol. The fourth-order valence-electron chi connectivity index (χ4n) is 3.22. The highest BCUT2D eigenvalue weighted by Crippen LogP contribution is 2.36. The van der Waals surface area contributed by atoms with E-state index in [1.807, 2.05) is 4.57 Å². The maximum absolute atomic E-state index is 12.9. The van der Waals surface area contributed by atoms with E-state index in [2.05, 4.69) is 13.5 Å². The van der Waals surface area contributed by atoms with Crippen LogP contribution in [0, 0.1) is 6.92 Å². The molecule has 0 aliphatic rings. The number of hydrogen-bond donors (Lipinski definition) is 1. The largest absolute Gasteiger partial charge is 0.416 e.